The minimum absolute atomic E-state index is 0.198. The van der Waals surface area contributed by atoms with Crippen LogP contribution in [-0.2, 0) is 17.8 Å². The minimum atomic E-state index is -0.655. The Morgan fingerprint density at radius 3 is 2.48 bits per heavy atom. The molecule has 0 bridgehead atoms. The van der Waals surface area contributed by atoms with Gasteiger partial charge in [0.2, 0.25) is 5.91 Å². The second-order valence-electron chi connectivity index (χ2n) is 6.28. The van der Waals surface area contributed by atoms with Crippen molar-refractivity contribution >= 4 is 16.7 Å². The van der Waals surface area contributed by atoms with Gasteiger partial charge in [0, 0.05) is 19.2 Å². The molecule has 3 nitrogen and oxygen atoms in total. The molecule has 1 atom stereocenters. The number of fused-ring (bicyclic) bond motifs is 1. The number of amides is 1. The van der Waals surface area contributed by atoms with Crippen molar-refractivity contribution in [1.82, 2.24) is 4.90 Å². The van der Waals surface area contributed by atoms with Crippen LogP contribution in [0.2, 0.25) is 0 Å². The lowest BCUT2D eigenvalue weighted by Gasteiger charge is -2.22. The Hall–Kier alpha value is -2.72. The Morgan fingerprint density at radius 1 is 1.04 bits per heavy atom. The van der Waals surface area contributed by atoms with Gasteiger partial charge in [-0.2, -0.15) is 0 Å². The maximum Gasteiger partial charge on any atom is 0.239 e. The molecule has 0 heterocycles. The Labute approximate surface area is 146 Å². The molecule has 4 heteroatoms. The van der Waals surface area contributed by atoms with Crippen LogP contribution in [0, 0.1) is 5.82 Å². The molecule has 3 rings (SSSR count). The van der Waals surface area contributed by atoms with E-state index >= 15 is 0 Å². The average molecular weight is 336 g/mol. The lowest BCUT2D eigenvalue weighted by atomic mass is 10.0. The normalized spacial score (nSPS) is 12.1. The first kappa shape index (κ1) is 17.1. The van der Waals surface area contributed by atoms with Crippen LogP contribution >= 0.6 is 0 Å². The highest BCUT2D eigenvalue weighted by molar-refractivity contribution is 5.84. The van der Waals surface area contributed by atoms with Crippen molar-refractivity contribution in [3.63, 3.8) is 0 Å². The molecule has 0 aliphatic carbocycles. The average Bonchev–Trinajstić information content (AvgIpc) is 2.62. The molecule has 0 spiro atoms. The zero-order chi connectivity index (χ0) is 17.8. The zero-order valence-electron chi connectivity index (χ0n) is 14.2. The van der Waals surface area contributed by atoms with Gasteiger partial charge >= 0.3 is 0 Å². The van der Waals surface area contributed by atoms with Crippen molar-refractivity contribution in [3.8, 4) is 0 Å². The van der Waals surface area contributed by atoms with E-state index in [0.717, 1.165) is 16.3 Å². The Bertz CT molecular complexity index is 894. The molecule has 3 aromatic rings. The predicted octanol–water partition coefficient (Wildman–Crippen LogP) is 3.51. The molecule has 0 saturated heterocycles. The van der Waals surface area contributed by atoms with Gasteiger partial charge in [0.15, 0.2) is 0 Å². The number of hydrogen-bond acceptors (Lipinski definition) is 2. The SMILES string of the molecule is CN(Cc1ccccc1F)C(=O)C(N)Cc1ccc2ccccc2c1. The third-order valence-corrected chi connectivity index (χ3v) is 4.33. The van der Waals surface area contributed by atoms with E-state index < -0.39 is 6.04 Å². The summed E-state index contributed by atoms with van der Waals surface area (Å²) in [5.41, 5.74) is 7.60. The molecule has 1 amide bonds. The third-order valence-electron chi connectivity index (χ3n) is 4.33. The smallest absolute Gasteiger partial charge is 0.239 e. The molecule has 128 valence electrons. The van der Waals surface area contributed by atoms with Gasteiger partial charge in [-0.05, 0) is 28.8 Å². The first-order chi connectivity index (χ1) is 12.0. The Balaban J connectivity index is 1.67. The second kappa shape index (κ2) is 7.45. The van der Waals surface area contributed by atoms with Crippen LogP contribution in [0.4, 0.5) is 4.39 Å². The maximum atomic E-state index is 13.7. The van der Waals surface area contributed by atoms with Gasteiger partial charge in [-0.25, -0.2) is 4.39 Å². The van der Waals surface area contributed by atoms with Crippen LogP contribution in [0.15, 0.2) is 66.7 Å². The first-order valence-corrected chi connectivity index (χ1v) is 8.26. The topological polar surface area (TPSA) is 46.3 Å². The summed E-state index contributed by atoms with van der Waals surface area (Å²) < 4.78 is 13.7. The van der Waals surface area contributed by atoms with Gasteiger partial charge in [0.25, 0.3) is 0 Å². The molecule has 25 heavy (non-hydrogen) atoms. The van der Waals surface area contributed by atoms with Gasteiger partial charge in [-0.1, -0.05) is 60.7 Å². The van der Waals surface area contributed by atoms with E-state index in [2.05, 4.69) is 6.07 Å². The standard InChI is InChI=1S/C21H21FN2O/c1-24(14-18-8-4-5-9-19(18)22)21(25)20(23)13-15-10-11-16-6-2-3-7-17(16)12-15/h2-12,20H,13-14,23H2,1H3. The lowest BCUT2D eigenvalue weighted by molar-refractivity contribution is -0.131. The number of carbonyl (C=O) groups excluding carboxylic acids is 1. The summed E-state index contributed by atoms with van der Waals surface area (Å²) in [6.07, 6.45) is 0.450. The highest BCUT2D eigenvalue weighted by Crippen LogP contribution is 2.17. The number of halogens is 1. The van der Waals surface area contributed by atoms with E-state index in [1.807, 2.05) is 36.4 Å². The van der Waals surface area contributed by atoms with Crippen molar-refractivity contribution in [3.05, 3.63) is 83.7 Å². The van der Waals surface area contributed by atoms with Gasteiger partial charge in [-0.3, -0.25) is 4.79 Å². The molecule has 3 aromatic carbocycles. The minimum Gasteiger partial charge on any atom is -0.340 e. The maximum absolute atomic E-state index is 13.7. The van der Waals surface area contributed by atoms with E-state index in [1.54, 1.807) is 25.2 Å². The van der Waals surface area contributed by atoms with Gasteiger partial charge in [0.05, 0.1) is 6.04 Å². The van der Waals surface area contributed by atoms with Crippen molar-refractivity contribution in [2.24, 2.45) is 5.73 Å². The molecular formula is C21H21FN2O. The quantitative estimate of drug-likeness (QED) is 0.775. The highest BCUT2D eigenvalue weighted by atomic mass is 19.1. The van der Waals surface area contributed by atoms with Crippen LogP contribution in [-0.4, -0.2) is 23.9 Å². The molecule has 1 unspecified atom stereocenters. The fourth-order valence-corrected chi connectivity index (χ4v) is 2.95. The molecule has 0 saturated carbocycles. The van der Waals surface area contributed by atoms with Crippen LogP contribution in [0.25, 0.3) is 10.8 Å². The number of nitrogens with zero attached hydrogens (tertiary/aromatic N) is 1. The number of hydrogen-bond donors (Lipinski definition) is 1. The molecule has 0 aliphatic heterocycles. The van der Waals surface area contributed by atoms with Gasteiger partial charge < -0.3 is 10.6 Å². The predicted molar refractivity (Wildman–Crippen MR) is 98.5 cm³/mol. The molecule has 0 fully saturated rings. The highest BCUT2D eigenvalue weighted by Gasteiger charge is 2.19. The summed E-state index contributed by atoms with van der Waals surface area (Å²) in [5.74, 6) is -0.512. The summed E-state index contributed by atoms with van der Waals surface area (Å²) in [5, 5.41) is 2.28. The number of nitrogens with two attached hydrogens (primary N) is 1. The van der Waals surface area contributed by atoms with Crippen molar-refractivity contribution in [1.29, 1.82) is 0 Å². The Kier molecular flexibility index (Phi) is 5.10. The molecule has 2 N–H and O–H groups in total. The van der Waals surface area contributed by atoms with Crippen LogP contribution in [0.3, 0.4) is 0 Å². The van der Waals surface area contributed by atoms with Crippen LogP contribution < -0.4 is 5.73 Å². The number of rotatable bonds is 5. The van der Waals surface area contributed by atoms with Crippen molar-refractivity contribution in [2.75, 3.05) is 7.05 Å². The second-order valence-corrected chi connectivity index (χ2v) is 6.28. The zero-order valence-corrected chi connectivity index (χ0v) is 14.2. The monoisotopic (exact) mass is 336 g/mol. The number of benzene rings is 3. The molecule has 0 aliphatic rings. The van der Waals surface area contributed by atoms with Crippen molar-refractivity contribution in [2.45, 2.75) is 19.0 Å². The summed E-state index contributed by atoms with van der Waals surface area (Å²) in [6, 6.07) is 19.9. The van der Waals surface area contributed by atoms with E-state index in [0.29, 0.717) is 12.0 Å². The fourth-order valence-electron chi connectivity index (χ4n) is 2.95. The molecular weight excluding hydrogens is 315 g/mol. The van der Waals surface area contributed by atoms with Gasteiger partial charge in [0.1, 0.15) is 5.82 Å². The number of likely N-dealkylation sites (N-methyl/N-ethyl adjacent to an activating group) is 1. The van der Waals surface area contributed by atoms with E-state index in [-0.39, 0.29) is 18.3 Å². The summed E-state index contributed by atoms with van der Waals surface area (Å²) in [7, 11) is 1.65. The van der Waals surface area contributed by atoms with E-state index in [9.17, 15) is 9.18 Å². The third kappa shape index (κ3) is 4.03. The summed E-state index contributed by atoms with van der Waals surface area (Å²) in [4.78, 5) is 14.0. The first-order valence-electron chi connectivity index (χ1n) is 8.26. The van der Waals surface area contributed by atoms with E-state index in [1.165, 1.54) is 11.0 Å². The molecule has 0 radical (unpaired) electrons. The van der Waals surface area contributed by atoms with Crippen molar-refractivity contribution < 1.29 is 9.18 Å². The summed E-state index contributed by atoms with van der Waals surface area (Å²) >= 11 is 0. The number of carbonyl (C=O) groups is 1. The largest absolute Gasteiger partial charge is 0.340 e. The summed E-state index contributed by atoms with van der Waals surface area (Å²) in [6.45, 7) is 0.205. The van der Waals surface area contributed by atoms with Gasteiger partial charge in [-0.15, -0.1) is 0 Å². The Morgan fingerprint density at radius 2 is 1.72 bits per heavy atom. The molecule has 0 aromatic heterocycles. The van der Waals surface area contributed by atoms with Crippen LogP contribution in [0.5, 0.6) is 0 Å². The fraction of sp³-hybridized carbons (Fsp3) is 0.190. The van der Waals surface area contributed by atoms with E-state index in [4.69, 9.17) is 5.73 Å². The van der Waals surface area contributed by atoms with Crippen LogP contribution in [0.1, 0.15) is 11.1 Å². The lowest BCUT2D eigenvalue weighted by Crippen LogP contribution is -2.42.